The number of carbonyl (C=O) groups excluding carboxylic acids is 2. The Morgan fingerprint density at radius 3 is 2.27 bits per heavy atom. The summed E-state index contributed by atoms with van der Waals surface area (Å²) in [6, 6.07) is 22.0. The third-order valence-corrected chi connectivity index (χ3v) is 8.78. The average Bonchev–Trinajstić information content (AvgIpc) is 3.37. The van der Waals surface area contributed by atoms with Crippen LogP contribution in [0.5, 0.6) is 11.5 Å². The molecule has 228 valence electrons. The number of fused-ring (bicyclic) bond motifs is 3. The molecule has 44 heavy (non-hydrogen) atoms. The number of esters is 1. The predicted octanol–water partition coefficient (Wildman–Crippen LogP) is 5.84. The first-order valence-corrected chi connectivity index (χ1v) is 15.2. The van der Waals surface area contributed by atoms with Gasteiger partial charge < -0.3 is 23.7 Å². The van der Waals surface area contributed by atoms with Crippen LogP contribution in [-0.4, -0.2) is 73.2 Å². The Morgan fingerprint density at radius 1 is 0.841 bits per heavy atom. The molecule has 0 unspecified atom stereocenters. The van der Waals surface area contributed by atoms with Gasteiger partial charge >= 0.3 is 5.97 Å². The molecular formula is C36H39N3O5. The molecule has 1 fully saturated rings. The van der Waals surface area contributed by atoms with Gasteiger partial charge in [-0.05, 0) is 61.2 Å². The van der Waals surface area contributed by atoms with Gasteiger partial charge in [-0.15, -0.1) is 0 Å². The summed E-state index contributed by atoms with van der Waals surface area (Å²) in [6.45, 7) is 8.70. The number of hydrogen-bond donors (Lipinski definition) is 0. The molecule has 0 bridgehead atoms. The van der Waals surface area contributed by atoms with E-state index in [1.807, 2.05) is 61.2 Å². The minimum absolute atomic E-state index is 0.00713. The van der Waals surface area contributed by atoms with E-state index in [-0.39, 0.29) is 18.5 Å². The average molecular weight is 594 g/mol. The lowest BCUT2D eigenvalue weighted by Gasteiger charge is -2.34. The van der Waals surface area contributed by atoms with Crippen LogP contribution >= 0.6 is 0 Å². The maximum atomic E-state index is 13.7. The van der Waals surface area contributed by atoms with Crippen molar-refractivity contribution in [3.8, 4) is 33.9 Å². The van der Waals surface area contributed by atoms with Gasteiger partial charge in [0.25, 0.3) is 5.91 Å². The molecule has 2 aliphatic rings. The number of ether oxygens (including phenoxy) is 3. The van der Waals surface area contributed by atoms with E-state index in [2.05, 4.69) is 33.7 Å². The van der Waals surface area contributed by atoms with E-state index in [0.29, 0.717) is 42.3 Å². The summed E-state index contributed by atoms with van der Waals surface area (Å²) in [5, 5.41) is 0. The second-order valence-electron chi connectivity index (χ2n) is 11.3. The zero-order valence-electron chi connectivity index (χ0n) is 25.9. The molecule has 0 spiro atoms. The standard InChI is InChI=1S/C36H39N3O5/c1-5-44-36(41)33-32(24(2)39-15-14-26-21-30(42-3)31(43-4)22-29(26)34(33)39)27-12-9-13-28(20-27)35(40)38-18-16-37(17-19-38)23-25-10-7-6-8-11-25/h6-13,20-22H,5,14-19,23H2,1-4H3. The largest absolute Gasteiger partial charge is 0.493 e. The first-order valence-electron chi connectivity index (χ1n) is 15.2. The molecule has 1 aromatic heterocycles. The van der Waals surface area contributed by atoms with Crippen molar-refractivity contribution in [2.45, 2.75) is 33.4 Å². The first-order chi connectivity index (χ1) is 21.4. The third kappa shape index (κ3) is 5.46. The summed E-state index contributed by atoms with van der Waals surface area (Å²) in [5.41, 5.74) is 7.80. The number of rotatable bonds is 8. The lowest BCUT2D eigenvalue weighted by molar-refractivity contribution is 0.0527. The molecule has 3 heterocycles. The van der Waals surface area contributed by atoms with Gasteiger partial charge in [0, 0.05) is 61.7 Å². The van der Waals surface area contributed by atoms with Gasteiger partial charge in [-0.1, -0.05) is 42.5 Å². The Balaban J connectivity index is 1.33. The molecule has 8 nitrogen and oxygen atoms in total. The van der Waals surface area contributed by atoms with Crippen LogP contribution < -0.4 is 9.47 Å². The van der Waals surface area contributed by atoms with Crippen molar-refractivity contribution in [3.05, 3.63) is 94.7 Å². The highest BCUT2D eigenvalue weighted by Gasteiger charge is 2.33. The topological polar surface area (TPSA) is 73.2 Å². The molecule has 1 saturated heterocycles. The van der Waals surface area contributed by atoms with E-state index in [4.69, 9.17) is 14.2 Å². The molecule has 0 aliphatic carbocycles. The smallest absolute Gasteiger partial charge is 0.340 e. The van der Waals surface area contributed by atoms with Crippen LogP contribution in [0.2, 0.25) is 0 Å². The number of methoxy groups -OCH3 is 2. The van der Waals surface area contributed by atoms with Crippen LogP contribution in [0.4, 0.5) is 0 Å². The summed E-state index contributed by atoms with van der Waals surface area (Å²) in [6.07, 6.45) is 0.786. The fourth-order valence-corrected chi connectivity index (χ4v) is 6.57. The number of amides is 1. The molecule has 4 aromatic rings. The Bertz CT molecular complexity index is 1690. The lowest BCUT2D eigenvalue weighted by Crippen LogP contribution is -2.48. The maximum Gasteiger partial charge on any atom is 0.340 e. The lowest BCUT2D eigenvalue weighted by atomic mass is 9.93. The van der Waals surface area contributed by atoms with Gasteiger partial charge in [0.2, 0.25) is 0 Å². The van der Waals surface area contributed by atoms with Gasteiger partial charge in [-0.25, -0.2) is 4.79 Å². The van der Waals surface area contributed by atoms with Crippen molar-refractivity contribution in [3.63, 3.8) is 0 Å². The van der Waals surface area contributed by atoms with E-state index < -0.39 is 0 Å². The first kappa shape index (κ1) is 29.5. The Hall–Kier alpha value is -4.56. The minimum atomic E-state index is -0.381. The van der Waals surface area contributed by atoms with Crippen LogP contribution in [0.25, 0.3) is 22.4 Å². The van der Waals surface area contributed by atoms with E-state index in [1.165, 1.54) is 5.56 Å². The second kappa shape index (κ2) is 12.6. The molecule has 3 aromatic carbocycles. The number of hydrogen-bond acceptors (Lipinski definition) is 6. The summed E-state index contributed by atoms with van der Waals surface area (Å²) in [4.78, 5) is 31.7. The molecule has 6 rings (SSSR count). The molecule has 0 saturated carbocycles. The summed E-state index contributed by atoms with van der Waals surface area (Å²) >= 11 is 0. The van der Waals surface area contributed by atoms with Crippen LogP contribution in [0, 0.1) is 6.92 Å². The van der Waals surface area contributed by atoms with Gasteiger partial charge in [0.15, 0.2) is 11.5 Å². The molecule has 0 radical (unpaired) electrons. The van der Waals surface area contributed by atoms with E-state index in [1.54, 1.807) is 14.2 Å². The highest BCUT2D eigenvalue weighted by atomic mass is 16.5. The second-order valence-corrected chi connectivity index (χ2v) is 11.3. The van der Waals surface area contributed by atoms with Crippen LogP contribution in [0.3, 0.4) is 0 Å². The van der Waals surface area contributed by atoms with Crippen LogP contribution in [-0.2, 0) is 24.2 Å². The SMILES string of the molecule is CCOC(=O)c1c(-c2cccc(C(=O)N3CCN(Cc4ccccc4)CC3)c2)c(C)n2c1-c1cc(OC)c(OC)cc1CC2. The molecule has 8 heteroatoms. The highest BCUT2D eigenvalue weighted by Crippen LogP contribution is 2.45. The van der Waals surface area contributed by atoms with Crippen LogP contribution in [0.15, 0.2) is 66.7 Å². The number of benzene rings is 3. The monoisotopic (exact) mass is 593 g/mol. The van der Waals surface area contributed by atoms with Crippen molar-refractivity contribution in [1.82, 2.24) is 14.4 Å². The van der Waals surface area contributed by atoms with E-state index >= 15 is 0 Å². The third-order valence-electron chi connectivity index (χ3n) is 8.78. The number of aryl methyl sites for hydroxylation is 1. The van der Waals surface area contributed by atoms with Crippen molar-refractivity contribution in [2.75, 3.05) is 47.0 Å². The fourth-order valence-electron chi connectivity index (χ4n) is 6.57. The molecule has 0 atom stereocenters. The Kier molecular flexibility index (Phi) is 8.44. The van der Waals surface area contributed by atoms with Gasteiger partial charge in [-0.2, -0.15) is 0 Å². The van der Waals surface area contributed by atoms with E-state index in [0.717, 1.165) is 59.7 Å². The van der Waals surface area contributed by atoms with Gasteiger partial charge in [-0.3, -0.25) is 9.69 Å². The van der Waals surface area contributed by atoms with Gasteiger partial charge in [0.1, 0.15) is 0 Å². The summed E-state index contributed by atoms with van der Waals surface area (Å²) < 4.78 is 19.0. The number of nitrogens with zero attached hydrogens (tertiary/aromatic N) is 3. The summed E-state index contributed by atoms with van der Waals surface area (Å²) in [5.74, 6) is 0.889. The van der Waals surface area contributed by atoms with Crippen molar-refractivity contribution in [1.29, 1.82) is 0 Å². The van der Waals surface area contributed by atoms with Crippen molar-refractivity contribution in [2.24, 2.45) is 0 Å². The Labute approximate surface area is 258 Å². The van der Waals surface area contributed by atoms with Gasteiger partial charge in [0.05, 0.1) is 32.1 Å². The number of piperazine rings is 1. The number of aromatic nitrogens is 1. The molecular weight excluding hydrogens is 554 g/mol. The quantitative estimate of drug-likeness (QED) is 0.239. The summed E-state index contributed by atoms with van der Waals surface area (Å²) in [7, 11) is 3.24. The molecule has 2 aliphatic heterocycles. The minimum Gasteiger partial charge on any atom is -0.493 e. The molecule has 1 amide bonds. The Morgan fingerprint density at radius 2 is 1.57 bits per heavy atom. The van der Waals surface area contributed by atoms with Crippen molar-refractivity contribution >= 4 is 11.9 Å². The van der Waals surface area contributed by atoms with E-state index in [9.17, 15) is 9.59 Å². The molecule has 0 N–H and O–H groups in total. The zero-order chi connectivity index (χ0) is 30.8. The van der Waals surface area contributed by atoms with Crippen LogP contribution in [0.1, 0.15) is 44.5 Å². The maximum absolute atomic E-state index is 13.7. The predicted molar refractivity (Wildman–Crippen MR) is 170 cm³/mol. The highest BCUT2D eigenvalue weighted by molar-refractivity contribution is 6.06. The zero-order valence-corrected chi connectivity index (χ0v) is 25.9. The normalized spacial score (nSPS) is 14.5. The fraction of sp³-hybridized carbons (Fsp3) is 0.333. The number of carbonyl (C=O) groups is 2. The van der Waals surface area contributed by atoms with Crippen molar-refractivity contribution < 1.29 is 23.8 Å².